The van der Waals surface area contributed by atoms with Gasteiger partial charge in [0.2, 0.25) is 0 Å². The molecular weight excluding hydrogens is 313 g/mol. The minimum absolute atomic E-state index is 0.102. The van der Waals surface area contributed by atoms with Crippen LogP contribution in [0, 0.1) is 12.7 Å². The molecule has 0 atom stereocenters. The van der Waals surface area contributed by atoms with Crippen LogP contribution in [0.2, 0.25) is 0 Å². The molecule has 0 aromatic heterocycles. The fraction of sp³-hybridized carbons (Fsp3) is 0.0714. The minimum atomic E-state index is -1.06. The van der Waals surface area contributed by atoms with Gasteiger partial charge < -0.3 is 10.4 Å². The van der Waals surface area contributed by atoms with Crippen LogP contribution in [0.4, 0.5) is 15.8 Å². The molecule has 0 saturated carbocycles. The highest BCUT2D eigenvalue weighted by molar-refractivity contribution is 9.10. The molecule has 0 aliphatic heterocycles. The van der Waals surface area contributed by atoms with E-state index in [-0.39, 0.29) is 11.3 Å². The number of aryl methyl sites for hydroxylation is 1. The number of rotatable bonds is 3. The van der Waals surface area contributed by atoms with E-state index in [1.54, 1.807) is 24.3 Å². The van der Waals surface area contributed by atoms with E-state index in [1.807, 2.05) is 6.92 Å². The van der Waals surface area contributed by atoms with Crippen LogP contribution >= 0.6 is 15.9 Å². The zero-order valence-corrected chi connectivity index (χ0v) is 11.7. The Morgan fingerprint density at radius 3 is 2.63 bits per heavy atom. The highest BCUT2D eigenvalue weighted by Crippen LogP contribution is 2.26. The summed E-state index contributed by atoms with van der Waals surface area (Å²) in [5.41, 5.74) is 1.58. The summed E-state index contributed by atoms with van der Waals surface area (Å²) < 4.78 is 14.4. The number of aromatic carboxylic acids is 1. The van der Waals surface area contributed by atoms with Gasteiger partial charge in [-0.3, -0.25) is 0 Å². The first-order chi connectivity index (χ1) is 8.97. The fourth-order valence-corrected chi connectivity index (χ4v) is 2.05. The first kappa shape index (κ1) is 13.5. The van der Waals surface area contributed by atoms with Crippen molar-refractivity contribution in [2.24, 2.45) is 0 Å². The molecule has 2 aromatic rings. The summed E-state index contributed by atoms with van der Waals surface area (Å²) >= 11 is 3.25. The highest BCUT2D eigenvalue weighted by atomic mass is 79.9. The number of nitrogens with one attached hydrogen (secondary N) is 1. The van der Waals surface area contributed by atoms with Crippen LogP contribution in [0.1, 0.15) is 15.9 Å². The van der Waals surface area contributed by atoms with E-state index in [1.165, 1.54) is 12.1 Å². The molecule has 2 aromatic carbocycles. The van der Waals surface area contributed by atoms with Gasteiger partial charge in [0.1, 0.15) is 5.82 Å². The summed E-state index contributed by atoms with van der Waals surface area (Å²) in [4.78, 5) is 11.1. The van der Waals surface area contributed by atoms with Crippen LogP contribution in [0.25, 0.3) is 0 Å². The van der Waals surface area contributed by atoms with Crippen molar-refractivity contribution in [1.29, 1.82) is 0 Å². The largest absolute Gasteiger partial charge is 0.478 e. The molecule has 0 aliphatic carbocycles. The van der Waals surface area contributed by atoms with Crippen molar-refractivity contribution in [3.8, 4) is 0 Å². The van der Waals surface area contributed by atoms with Gasteiger partial charge in [-0.15, -0.1) is 0 Å². The van der Waals surface area contributed by atoms with Gasteiger partial charge in [-0.05, 0) is 42.8 Å². The number of hydrogen-bond acceptors (Lipinski definition) is 2. The van der Waals surface area contributed by atoms with Crippen molar-refractivity contribution in [1.82, 2.24) is 0 Å². The van der Waals surface area contributed by atoms with Gasteiger partial charge in [-0.1, -0.05) is 22.0 Å². The first-order valence-electron chi connectivity index (χ1n) is 5.53. The monoisotopic (exact) mass is 323 g/mol. The summed E-state index contributed by atoms with van der Waals surface area (Å²) in [7, 11) is 0. The molecule has 0 aliphatic rings. The average Bonchev–Trinajstić information content (AvgIpc) is 2.33. The third kappa shape index (κ3) is 3.12. The quantitative estimate of drug-likeness (QED) is 0.883. The van der Waals surface area contributed by atoms with Crippen molar-refractivity contribution in [2.45, 2.75) is 6.92 Å². The lowest BCUT2D eigenvalue weighted by Crippen LogP contribution is -2.04. The topological polar surface area (TPSA) is 49.3 Å². The zero-order valence-electron chi connectivity index (χ0n) is 10.1. The number of anilines is 2. The van der Waals surface area contributed by atoms with Gasteiger partial charge in [0.25, 0.3) is 0 Å². The van der Waals surface area contributed by atoms with Gasteiger partial charge in [0.05, 0.1) is 16.9 Å². The Morgan fingerprint density at radius 1 is 1.21 bits per heavy atom. The van der Waals surface area contributed by atoms with Crippen LogP contribution < -0.4 is 5.32 Å². The molecule has 0 heterocycles. The molecule has 0 fully saturated rings. The molecule has 0 unspecified atom stereocenters. The smallest absolute Gasteiger partial charge is 0.337 e. The highest BCUT2D eigenvalue weighted by Gasteiger charge is 2.12. The van der Waals surface area contributed by atoms with E-state index >= 15 is 0 Å². The van der Waals surface area contributed by atoms with Crippen LogP contribution in [-0.2, 0) is 0 Å². The number of carbonyl (C=O) groups is 1. The Balaban J connectivity index is 2.45. The number of benzene rings is 2. The van der Waals surface area contributed by atoms with E-state index in [9.17, 15) is 9.18 Å². The van der Waals surface area contributed by atoms with E-state index in [2.05, 4.69) is 21.2 Å². The molecule has 0 bridgehead atoms. The SMILES string of the molecule is Cc1ccc(C(=O)O)c(Nc2cc(Br)ccc2F)c1. The summed E-state index contributed by atoms with van der Waals surface area (Å²) in [6, 6.07) is 9.31. The fourth-order valence-electron chi connectivity index (χ4n) is 1.69. The molecule has 3 nitrogen and oxygen atoms in total. The summed E-state index contributed by atoms with van der Waals surface area (Å²) in [6.45, 7) is 1.84. The Kier molecular flexibility index (Phi) is 3.85. The van der Waals surface area contributed by atoms with Crippen molar-refractivity contribution < 1.29 is 14.3 Å². The van der Waals surface area contributed by atoms with Gasteiger partial charge in [0.15, 0.2) is 0 Å². The summed E-state index contributed by atoms with van der Waals surface area (Å²) in [5, 5.41) is 11.9. The van der Waals surface area contributed by atoms with E-state index in [0.29, 0.717) is 10.2 Å². The summed E-state index contributed by atoms with van der Waals surface area (Å²) in [5.74, 6) is -1.50. The Morgan fingerprint density at radius 2 is 1.95 bits per heavy atom. The lowest BCUT2D eigenvalue weighted by atomic mass is 10.1. The maximum Gasteiger partial charge on any atom is 0.337 e. The number of halogens is 2. The van der Waals surface area contributed by atoms with Crippen molar-refractivity contribution in [2.75, 3.05) is 5.32 Å². The second-order valence-corrected chi connectivity index (χ2v) is 5.02. The molecule has 98 valence electrons. The van der Waals surface area contributed by atoms with E-state index in [0.717, 1.165) is 5.56 Å². The van der Waals surface area contributed by atoms with Crippen molar-refractivity contribution in [3.05, 3.63) is 57.8 Å². The first-order valence-corrected chi connectivity index (χ1v) is 6.32. The Labute approximate surface area is 118 Å². The number of carboxylic acid groups (broad SMARTS) is 1. The lowest BCUT2D eigenvalue weighted by Gasteiger charge is -2.11. The van der Waals surface area contributed by atoms with E-state index in [4.69, 9.17) is 5.11 Å². The standard InChI is InChI=1S/C14H11BrFNO2/c1-8-2-4-10(14(18)19)12(6-8)17-13-7-9(15)3-5-11(13)16/h2-7,17H,1H3,(H,18,19). The number of carboxylic acids is 1. The molecular formula is C14H11BrFNO2. The second-order valence-electron chi connectivity index (χ2n) is 4.10. The predicted octanol–water partition coefficient (Wildman–Crippen LogP) is 4.34. The third-order valence-electron chi connectivity index (χ3n) is 2.60. The average molecular weight is 324 g/mol. The van der Waals surface area contributed by atoms with Crippen molar-refractivity contribution >= 4 is 33.3 Å². The van der Waals surface area contributed by atoms with Gasteiger partial charge in [-0.25, -0.2) is 9.18 Å². The third-order valence-corrected chi connectivity index (χ3v) is 3.10. The van der Waals surface area contributed by atoms with Crippen LogP contribution in [0.5, 0.6) is 0 Å². The molecule has 0 amide bonds. The molecule has 0 saturated heterocycles. The molecule has 0 spiro atoms. The molecule has 2 rings (SSSR count). The second kappa shape index (κ2) is 5.40. The Bertz CT molecular complexity index is 643. The van der Waals surface area contributed by atoms with Gasteiger partial charge >= 0.3 is 5.97 Å². The lowest BCUT2D eigenvalue weighted by molar-refractivity contribution is 0.0698. The van der Waals surface area contributed by atoms with Crippen LogP contribution in [-0.4, -0.2) is 11.1 Å². The van der Waals surface area contributed by atoms with Crippen molar-refractivity contribution in [3.63, 3.8) is 0 Å². The molecule has 2 N–H and O–H groups in total. The zero-order chi connectivity index (χ0) is 14.0. The summed E-state index contributed by atoms with van der Waals surface area (Å²) in [6.07, 6.45) is 0. The number of hydrogen-bond donors (Lipinski definition) is 2. The Hall–Kier alpha value is -1.88. The molecule has 0 radical (unpaired) electrons. The molecule has 19 heavy (non-hydrogen) atoms. The van der Waals surface area contributed by atoms with Crippen LogP contribution in [0.3, 0.4) is 0 Å². The van der Waals surface area contributed by atoms with E-state index < -0.39 is 11.8 Å². The van der Waals surface area contributed by atoms with Gasteiger partial charge in [-0.2, -0.15) is 0 Å². The normalized spacial score (nSPS) is 10.3. The molecule has 5 heteroatoms. The maximum absolute atomic E-state index is 13.7. The van der Waals surface area contributed by atoms with Crippen LogP contribution in [0.15, 0.2) is 40.9 Å². The maximum atomic E-state index is 13.7. The van der Waals surface area contributed by atoms with Gasteiger partial charge in [0, 0.05) is 4.47 Å². The predicted molar refractivity (Wildman–Crippen MR) is 75.5 cm³/mol. The minimum Gasteiger partial charge on any atom is -0.478 e.